The van der Waals surface area contributed by atoms with E-state index in [9.17, 15) is 19.2 Å². The molecule has 3 aliphatic rings. The highest BCUT2D eigenvalue weighted by Gasteiger charge is 2.30. The molecule has 1 aliphatic heterocycles. The number of hydrogen-bond acceptors (Lipinski definition) is 16. The van der Waals surface area contributed by atoms with Gasteiger partial charge in [0.25, 0.3) is 0 Å². The average Bonchev–Trinajstić information content (AvgIpc) is 3.81. The highest BCUT2D eigenvalue weighted by Crippen LogP contribution is 2.37. The molecule has 2 N–H and O–H groups in total. The third kappa shape index (κ3) is 16.1. The number of anilines is 1. The van der Waals surface area contributed by atoms with Gasteiger partial charge in [0.1, 0.15) is 34.5 Å². The predicted octanol–water partition coefficient (Wildman–Crippen LogP) is 9.69. The molecule has 0 aromatic heterocycles. The van der Waals surface area contributed by atoms with E-state index in [1.165, 1.54) is 0 Å². The van der Waals surface area contributed by atoms with E-state index in [-0.39, 0.29) is 54.3 Å². The predicted molar refractivity (Wildman–Crippen MR) is 265 cm³/mol. The number of carbonyl (C=O) groups excluding carboxylic acids is 4. The lowest BCUT2D eigenvalue weighted by molar-refractivity contribution is -0.141. The van der Waals surface area contributed by atoms with E-state index in [4.69, 9.17) is 37.9 Å². The van der Waals surface area contributed by atoms with Gasteiger partial charge in [0.2, 0.25) is 0 Å². The van der Waals surface area contributed by atoms with Crippen LogP contribution in [0.1, 0.15) is 69.8 Å². The number of nitrogens with zero attached hydrogens (tertiary/aromatic N) is 1. The van der Waals surface area contributed by atoms with Crippen LogP contribution >= 0.6 is 11.8 Å². The van der Waals surface area contributed by atoms with Crippen molar-refractivity contribution in [3.63, 3.8) is 0 Å². The van der Waals surface area contributed by atoms with Crippen LogP contribution in [0, 0.1) is 23.7 Å². The van der Waals surface area contributed by atoms with Gasteiger partial charge in [0.15, 0.2) is 5.50 Å². The number of fused-ring (bicyclic) bond motifs is 1. The van der Waals surface area contributed by atoms with E-state index in [0.717, 1.165) is 54.0 Å². The monoisotopic (exact) mass is 975 g/mol. The van der Waals surface area contributed by atoms with Crippen molar-refractivity contribution in [1.29, 1.82) is 0 Å². The molecule has 0 radical (unpaired) electrons. The molecule has 0 amide bonds. The normalized spacial score (nSPS) is 19.3. The second-order valence-electron chi connectivity index (χ2n) is 17.2. The van der Waals surface area contributed by atoms with Crippen LogP contribution in [0.4, 0.5) is 5.69 Å². The Labute approximate surface area is 413 Å². The van der Waals surface area contributed by atoms with Crippen molar-refractivity contribution in [2.45, 2.75) is 74.6 Å². The van der Waals surface area contributed by atoms with Gasteiger partial charge in [-0.25, -0.2) is 9.59 Å². The fourth-order valence-corrected chi connectivity index (χ4v) is 9.15. The Hall–Kier alpha value is -6.94. The maximum Gasteiger partial charge on any atom is 0.330 e. The van der Waals surface area contributed by atoms with Gasteiger partial charge in [-0.05, 0) is 142 Å². The minimum Gasteiger partial charge on any atom is -0.493 e. The van der Waals surface area contributed by atoms with E-state index in [0.29, 0.717) is 99.4 Å². The summed E-state index contributed by atoms with van der Waals surface area (Å²) in [4.78, 5) is 49.7. The Kier molecular flexibility index (Phi) is 19.4. The molecule has 2 aliphatic carbocycles. The number of hydrogen-bond donors (Lipinski definition) is 2. The fourth-order valence-electron chi connectivity index (χ4n) is 8.19. The summed E-state index contributed by atoms with van der Waals surface area (Å²) in [5.74, 6) is 2.34. The van der Waals surface area contributed by atoms with Crippen molar-refractivity contribution < 1.29 is 57.1 Å². The number of ether oxygens (including phenoxy) is 8. The van der Waals surface area contributed by atoms with Crippen LogP contribution in [-0.4, -0.2) is 75.2 Å². The molecule has 0 spiro atoms. The van der Waals surface area contributed by atoms with E-state index < -0.39 is 11.9 Å². The van der Waals surface area contributed by atoms with Gasteiger partial charge >= 0.3 is 23.9 Å². The van der Waals surface area contributed by atoms with Gasteiger partial charge in [0, 0.05) is 35.5 Å². The number of hydrazone groups is 1. The molecule has 70 heavy (non-hydrogen) atoms. The Morgan fingerprint density at radius 3 is 1.63 bits per heavy atom. The first kappa shape index (κ1) is 50.9. The highest BCUT2D eigenvalue weighted by atomic mass is 32.2. The molecule has 16 heteroatoms. The van der Waals surface area contributed by atoms with Gasteiger partial charge in [0.05, 0.1) is 63.4 Å². The zero-order chi connectivity index (χ0) is 48.9. The maximum atomic E-state index is 13.1. The molecule has 4 aromatic carbocycles. The molecule has 0 saturated heterocycles. The minimum absolute atomic E-state index is 0.127. The number of thioether (sulfide) groups is 1. The summed E-state index contributed by atoms with van der Waals surface area (Å²) in [6, 6.07) is 27.8. The number of carbonyl (C=O) groups is 4. The Balaban J connectivity index is 0.848. The zero-order valence-corrected chi connectivity index (χ0v) is 40.1. The van der Waals surface area contributed by atoms with Crippen LogP contribution in [0.15, 0.2) is 126 Å². The lowest BCUT2D eigenvalue weighted by Crippen LogP contribution is -2.28. The smallest absolute Gasteiger partial charge is 0.330 e. The Morgan fingerprint density at radius 1 is 0.600 bits per heavy atom. The molecule has 2 saturated carbocycles. The largest absolute Gasteiger partial charge is 0.493 e. The Morgan fingerprint density at radius 2 is 1.10 bits per heavy atom. The third-order valence-electron chi connectivity index (χ3n) is 12.1. The van der Waals surface area contributed by atoms with Crippen molar-refractivity contribution >= 4 is 47.5 Å². The number of rotatable bonds is 25. The standard InChI is InChI=1S/C54H61N3O12S/c1-3-50(58)64-31-7-29-62-42-19-23-44(24-20-42)68-52(60)39-15-11-37(12-16-39)35-66-46-27-28-48(41(33-46)34-55-57-54-56-47-9-5-6-10-49(47)70-54)67-36-38-13-17-40(18-14-38)53(61)69-45-25-21-43(22-26-45)63-30-8-32-65-51(59)4-2/h3-6,9-10,19-28,33-34,37-40,54,56-57H,1-2,7-8,11-18,29-32,35-36H2/b55-34+. The summed E-state index contributed by atoms with van der Waals surface area (Å²) >= 11 is 1.66. The molecule has 1 unspecified atom stereocenters. The number of nitrogens with one attached hydrogen (secondary N) is 2. The van der Waals surface area contributed by atoms with Crippen LogP contribution in [0.25, 0.3) is 0 Å². The molecule has 2 fully saturated rings. The fraction of sp³-hybridized carbons (Fsp3) is 0.389. The van der Waals surface area contributed by atoms with Gasteiger partial charge < -0.3 is 43.2 Å². The molecule has 4 aromatic rings. The van der Waals surface area contributed by atoms with E-state index in [1.807, 2.05) is 36.4 Å². The molecule has 1 heterocycles. The highest BCUT2D eigenvalue weighted by molar-refractivity contribution is 8.00. The van der Waals surface area contributed by atoms with Crippen LogP contribution in [-0.2, 0) is 28.7 Å². The van der Waals surface area contributed by atoms with Crippen molar-refractivity contribution in [2.75, 3.05) is 45.0 Å². The molecule has 370 valence electrons. The number of para-hydroxylation sites is 1. The van der Waals surface area contributed by atoms with Crippen molar-refractivity contribution in [3.8, 4) is 34.5 Å². The van der Waals surface area contributed by atoms with E-state index in [1.54, 1.807) is 66.5 Å². The molecule has 15 nitrogen and oxygen atoms in total. The van der Waals surface area contributed by atoms with Crippen LogP contribution in [0.2, 0.25) is 0 Å². The van der Waals surface area contributed by atoms with E-state index in [2.05, 4.69) is 35.1 Å². The SMILES string of the molecule is C=CC(=O)OCCCOc1ccc(OC(=O)C2CCC(COc3ccc(OCC4CCC(C(=O)Oc5ccc(OCCCOC(=O)C=C)cc5)CC4)c(/C=N/NC4Nc5ccccc5S4)c3)CC2)cc1. The lowest BCUT2D eigenvalue weighted by atomic mass is 9.82. The first-order chi connectivity index (χ1) is 34.2. The molecular formula is C54H61N3O12S. The van der Waals surface area contributed by atoms with Gasteiger partial charge in [-0.15, -0.1) is 0 Å². The molecular weight excluding hydrogens is 915 g/mol. The first-order valence-electron chi connectivity index (χ1n) is 23.9. The summed E-state index contributed by atoms with van der Waals surface area (Å²) in [6.07, 6.45) is 11.3. The summed E-state index contributed by atoms with van der Waals surface area (Å²) in [7, 11) is 0. The van der Waals surface area contributed by atoms with E-state index >= 15 is 0 Å². The van der Waals surface area contributed by atoms with Crippen molar-refractivity contribution in [3.05, 3.63) is 122 Å². The van der Waals surface area contributed by atoms with Gasteiger partial charge in [-0.3, -0.25) is 15.0 Å². The number of benzene rings is 4. The number of esters is 4. The first-order valence-corrected chi connectivity index (χ1v) is 24.8. The molecule has 1 atom stereocenters. The minimum atomic E-state index is -0.463. The quantitative estimate of drug-likeness (QED) is 0.0160. The zero-order valence-electron chi connectivity index (χ0n) is 39.3. The third-order valence-corrected chi connectivity index (χ3v) is 13.2. The van der Waals surface area contributed by atoms with Gasteiger partial charge in [-0.2, -0.15) is 5.10 Å². The second-order valence-corrected chi connectivity index (χ2v) is 18.4. The van der Waals surface area contributed by atoms with Crippen LogP contribution in [0.5, 0.6) is 34.5 Å². The average molecular weight is 976 g/mol. The molecule has 0 bridgehead atoms. The van der Waals surface area contributed by atoms with Crippen LogP contribution in [0.3, 0.4) is 0 Å². The lowest BCUT2D eigenvalue weighted by Gasteiger charge is -2.27. The van der Waals surface area contributed by atoms with Crippen molar-refractivity contribution in [1.82, 2.24) is 5.43 Å². The Bertz CT molecular complexity index is 2370. The van der Waals surface area contributed by atoms with Crippen LogP contribution < -0.4 is 39.2 Å². The van der Waals surface area contributed by atoms with Crippen molar-refractivity contribution in [2.24, 2.45) is 28.8 Å². The summed E-state index contributed by atoms with van der Waals surface area (Å²) in [5, 5.41) is 8.03. The summed E-state index contributed by atoms with van der Waals surface area (Å²) < 4.78 is 45.5. The summed E-state index contributed by atoms with van der Waals surface area (Å²) in [6.45, 7) is 8.99. The maximum absolute atomic E-state index is 13.1. The summed E-state index contributed by atoms with van der Waals surface area (Å²) in [5.41, 5.74) is 4.91. The second kappa shape index (κ2) is 26.7. The van der Waals surface area contributed by atoms with Gasteiger partial charge in [-0.1, -0.05) is 37.1 Å². The molecule has 7 rings (SSSR count). The topological polar surface area (TPSA) is 179 Å².